The summed E-state index contributed by atoms with van der Waals surface area (Å²) in [6, 6.07) is 7.55. The van der Waals surface area contributed by atoms with Gasteiger partial charge in [-0.2, -0.15) is 0 Å². The van der Waals surface area contributed by atoms with E-state index in [0.29, 0.717) is 13.0 Å². The Hall–Kier alpha value is -1.22. The highest BCUT2D eigenvalue weighted by molar-refractivity contribution is 6.61. The summed E-state index contributed by atoms with van der Waals surface area (Å²) in [7, 11) is 1.62. The smallest absolute Gasteiger partial charge is 0.403 e. The van der Waals surface area contributed by atoms with E-state index >= 15 is 0 Å². The van der Waals surface area contributed by atoms with E-state index in [-0.39, 0.29) is 0 Å². The first-order valence-corrected chi connectivity index (χ1v) is 4.55. The lowest BCUT2D eigenvalue weighted by Crippen LogP contribution is -1.99. The van der Waals surface area contributed by atoms with Crippen LogP contribution in [0.25, 0.3) is 0 Å². The average molecular weight is 215 g/mol. The highest BCUT2D eigenvalue weighted by Gasteiger charge is 1.97. The zero-order chi connectivity index (χ0) is 10.4. The molecule has 14 heavy (non-hydrogen) atoms. The van der Waals surface area contributed by atoms with Crippen LogP contribution >= 0.6 is 11.6 Å². The van der Waals surface area contributed by atoms with Crippen LogP contribution in [0, 0.1) is 0 Å². The van der Waals surface area contributed by atoms with E-state index in [4.69, 9.17) is 16.3 Å². The van der Waals surface area contributed by atoms with Gasteiger partial charge in [-0.1, -0.05) is 12.1 Å². The Morgan fingerprint density at radius 1 is 1.36 bits per heavy atom. The third kappa shape index (κ3) is 3.66. The third-order valence-corrected chi connectivity index (χ3v) is 1.87. The molecule has 0 aliphatic heterocycles. The largest absolute Gasteiger partial charge is 0.497 e. The summed E-state index contributed by atoms with van der Waals surface area (Å²) in [6.45, 7) is 0.300. The summed E-state index contributed by atoms with van der Waals surface area (Å²) < 4.78 is 9.60. The van der Waals surface area contributed by atoms with E-state index in [0.717, 1.165) is 11.3 Å². The maximum Gasteiger partial charge on any atom is 0.403 e. The summed E-state index contributed by atoms with van der Waals surface area (Å²) in [5.41, 5.74) is 0.308. The highest BCUT2D eigenvalue weighted by Crippen LogP contribution is 2.11. The van der Waals surface area contributed by atoms with E-state index < -0.39 is 5.43 Å². The molecule has 0 aromatic heterocycles. The number of carbonyl (C=O) groups excluding carboxylic acids is 1. The number of carbonyl (C=O) groups is 1. The monoisotopic (exact) mass is 214 g/mol. The molecule has 0 unspecified atom stereocenters. The van der Waals surface area contributed by atoms with E-state index in [2.05, 4.69) is 4.74 Å². The van der Waals surface area contributed by atoms with Gasteiger partial charge in [0.2, 0.25) is 0 Å². The molecule has 0 aliphatic rings. The second-order valence-electron chi connectivity index (χ2n) is 2.68. The lowest BCUT2D eigenvalue weighted by molar-refractivity contribution is 0.175. The third-order valence-electron chi connectivity index (χ3n) is 1.77. The molecule has 0 atom stereocenters. The number of halogens is 1. The second-order valence-corrected chi connectivity index (χ2v) is 2.99. The van der Waals surface area contributed by atoms with Gasteiger partial charge < -0.3 is 9.47 Å². The van der Waals surface area contributed by atoms with Crippen molar-refractivity contribution < 1.29 is 14.3 Å². The number of hydrogen-bond donors (Lipinski definition) is 0. The summed E-state index contributed by atoms with van der Waals surface area (Å²) >= 11 is 5.01. The van der Waals surface area contributed by atoms with Gasteiger partial charge in [0.05, 0.1) is 13.7 Å². The molecule has 4 heteroatoms. The molecule has 0 radical (unpaired) electrons. The minimum Gasteiger partial charge on any atom is -0.497 e. The average Bonchev–Trinajstić information content (AvgIpc) is 2.18. The maximum atomic E-state index is 10.3. The summed E-state index contributed by atoms with van der Waals surface area (Å²) in [5, 5.41) is 0. The van der Waals surface area contributed by atoms with Gasteiger partial charge in [0.1, 0.15) is 5.75 Å². The van der Waals surface area contributed by atoms with Crippen LogP contribution in [0.4, 0.5) is 4.79 Å². The topological polar surface area (TPSA) is 35.5 Å². The Bertz CT molecular complexity index is 295. The predicted octanol–water partition coefficient (Wildman–Crippen LogP) is 2.61. The summed E-state index contributed by atoms with van der Waals surface area (Å²) in [4.78, 5) is 10.3. The zero-order valence-electron chi connectivity index (χ0n) is 7.83. The Balaban J connectivity index is 2.40. The van der Waals surface area contributed by atoms with Gasteiger partial charge in [0.25, 0.3) is 0 Å². The number of rotatable bonds is 4. The van der Waals surface area contributed by atoms with Crippen molar-refractivity contribution in [1.82, 2.24) is 0 Å². The molecule has 1 aromatic rings. The van der Waals surface area contributed by atoms with E-state index in [9.17, 15) is 4.79 Å². The number of benzene rings is 1. The lowest BCUT2D eigenvalue weighted by atomic mass is 10.1. The Kier molecular flexibility index (Phi) is 4.26. The molecule has 1 rings (SSSR count). The van der Waals surface area contributed by atoms with Crippen molar-refractivity contribution in [1.29, 1.82) is 0 Å². The minimum atomic E-state index is -0.765. The molecule has 1 aromatic carbocycles. The molecular weight excluding hydrogens is 204 g/mol. The predicted molar refractivity (Wildman–Crippen MR) is 53.9 cm³/mol. The first kappa shape index (κ1) is 10.9. The van der Waals surface area contributed by atoms with Crippen molar-refractivity contribution in [2.75, 3.05) is 13.7 Å². The minimum absolute atomic E-state index is 0.300. The fourth-order valence-corrected chi connectivity index (χ4v) is 1.12. The van der Waals surface area contributed by atoms with Gasteiger partial charge in [0.15, 0.2) is 0 Å². The first-order chi connectivity index (χ1) is 6.72. The van der Waals surface area contributed by atoms with Crippen molar-refractivity contribution in [3.8, 4) is 5.75 Å². The van der Waals surface area contributed by atoms with Gasteiger partial charge >= 0.3 is 5.43 Å². The zero-order valence-corrected chi connectivity index (χ0v) is 8.58. The van der Waals surface area contributed by atoms with Gasteiger partial charge in [-0.25, -0.2) is 4.79 Å². The Labute approximate surface area is 87.6 Å². The normalized spacial score (nSPS) is 9.57. The summed E-state index contributed by atoms with van der Waals surface area (Å²) in [6.07, 6.45) is 0.655. The molecule has 0 saturated carbocycles. The maximum absolute atomic E-state index is 10.3. The lowest BCUT2D eigenvalue weighted by Gasteiger charge is -2.03. The van der Waals surface area contributed by atoms with Crippen molar-refractivity contribution >= 4 is 17.0 Å². The molecule has 0 spiro atoms. The Morgan fingerprint density at radius 3 is 2.50 bits per heavy atom. The summed E-state index contributed by atoms with van der Waals surface area (Å²) in [5.74, 6) is 0.808. The highest BCUT2D eigenvalue weighted by atomic mass is 35.5. The van der Waals surface area contributed by atoms with Gasteiger partial charge in [-0.3, -0.25) is 0 Å². The quantitative estimate of drug-likeness (QED) is 0.723. The standard InChI is InChI=1S/C10H11ClO3/c1-13-9-4-2-8(3-5-9)6-7-14-10(11)12/h2-5H,6-7H2,1H3. The van der Waals surface area contributed by atoms with Crippen LogP contribution in [0.2, 0.25) is 0 Å². The number of hydrogen-bond acceptors (Lipinski definition) is 3. The molecule has 0 N–H and O–H groups in total. The SMILES string of the molecule is COc1ccc(CCOC(=O)Cl)cc1. The Morgan fingerprint density at radius 2 is 2.00 bits per heavy atom. The number of ether oxygens (including phenoxy) is 2. The van der Waals surface area contributed by atoms with Crippen LogP contribution < -0.4 is 4.74 Å². The van der Waals surface area contributed by atoms with E-state index in [1.807, 2.05) is 24.3 Å². The molecule has 3 nitrogen and oxygen atoms in total. The molecule has 0 amide bonds. The van der Waals surface area contributed by atoms with Gasteiger partial charge in [-0.15, -0.1) is 0 Å². The van der Waals surface area contributed by atoms with E-state index in [1.54, 1.807) is 7.11 Å². The van der Waals surface area contributed by atoms with Crippen LogP contribution in [-0.4, -0.2) is 19.1 Å². The van der Waals surface area contributed by atoms with E-state index in [1.165, 1.54) is 0 Å². The first-order valence-electron chi connectivity index (χ1n) is 4.17. The second kappa shape index (κ2) is 5.50. The van der Waals surface area contributed by atoms with Crippen molar-refractivity contribution in [2.24, 2.45) is 0 Å². The van der Waals surface area contributed by atoms with Crippen molar-refractivity contribution in [3.05, 3.63) is 29.8 Å². The fraction of sp³-hybridized carbons (Fsp3) is 0.300. The van der Waals surface area contributed by atoms with Crippen LogP contribution in [-0.2, 0) is 11.2 Å². The van der Waals surface area contributed by atoms with Crippen LogP contribution in [0.1, 0.15) is 5.56 Å². The van der Waals surface area contributed by atoms with Crippen LogP contribution in [0.15, 0.2) is 24.3 Å². The van der Waals surface area contributed by atoms with Gasteiger partial charge in [-0.05, 0) is 17.7 Å². The molecule has 0 fully saturated rings. The van der Waals surface area contributed by atoms with Crippen LogP contribution in [0.5, 0.6) is 5.75 Å². The van der Waals surface area contributed by atoms with Gasteiger partial charge in [0, 0.05) is 18.0 Å². The van der Waals surface area contributed by atoms with Crippen molar-refractivity contribution in [3.63, 3.8) is 0 Å². The van der Waals surface area contributed by atoms with Crippen molar-refractivity contribution in [2.45, 2.75) is 6.42 Å². The molecule has 76 valence electrons. The fourth-order valence-electron chi connectivity index (χ4n) is 1.04. The molecule has 0 bridgehead atoms. The molecule has 0 heterocycles. The van der Waals surface area contributed by atoms with Crippen LogP contribution in [0.3, 0.4) is 0 Å². The number of methoxy groups -OCH3 is 1. The molecule has 0 saturated heterocycles. The molecular formula is C10H11ClO3. The molecule has 0 aliphatic carbocycles.